The van der Waals surface area contributed by atoms with Crippen LogP contribution in [0.5, 0.6) is 0 Å². The maximum absolute atomic E-state index is 11.9. The van der Waals surface area contributed by atoms with E-state index < -0.39 is 38.4 Å². The van der Waals surface area contributed by atoms with E-state index in [1.807, 2.05) is 0 Å². The number of nitrogens with one attached hydrogen (secondary N) is 2. The third-order valence-electron chi connectivity index (χ3n) is 3.03. The van der Waals surface area contributed by atoms with Crippen LogP contribution in [0, 0.1) is 0 Å². The van der Waals surface area contributed by atoms with Crippen molar-refractivity contribution >= 4 is 37.4 Å². The average Bonchev–Trinajstić information content (AvgIpc) is 2.76. The summed E-state index contributed by atoms with van der Waals surface area (Å²) in [6.07, 6.45) is 1.41. The Labute approximate surface area is 133 Å². The van der Waals surface area contributed by atoms with Gasteiger partial charge in [0.25, 0.3) is 0 Å². The number of pyridine rings is 1. The summed E-state index contributed by atoms with van der Waals surface area (Å²) < 4.78 is 48.5. The first kappa shape index (κ1) is 17.1. The van der Waals surface area contributed by atoms with Crippen LogP contribution in [0.3, 0.4) is 0 Å². The summed E-state index contributed by atoms with van der Waals surface area (Å²) in [7, 11) is -6.98. The maximum Gasteiger partial charge on any atom is 0.242 e. The van der Waals surface area contributed by atoms with Gasteiger partial charge in [0.05, 0.1) is 18.1 Å². The van der Waals surface area contributed by atoms with E-state index >= 15 is 0 Å². The van der Waals surface area contributed by atoms with E-state index in [1.165, 1.54) is 12.1 Å². The highest BCUT2D eigenvalue weighted by Crippen LogP contribution is 2.12. The second-order valence-electron chi connectivity index (χ2n) is 4.81. The molecular formula is C11H14ClN3O5S2. The van der Waals surface area contributed by atoms with Crippen LogP contribution >= 0.6 is 11.6 Å². The van der Waals surface area contributed by atoms with Crippen molar-refractivity contribution < 1.29 is 21.6 Å². The van der Waals surface area contributed by atoms with Gasteiger partial charge < -0.3 is 5.32 Å². The van der Waals surface area contributed by atoms with Crippen LogP contribution in [0.4, 0.5) is 0 Å². The molecule has 1 aliphatic heterocycles. The number of hydrogen-bond donors (Lipinski definition) is 2. The lowest BCUT2D eigenvalue weighted by Gasteiger charge is -2.11. The molecule has 2 heterocycles. The Kier molecular flexibility index (Phi) is 5.05. The fourth-order valence-corrected chi connectivity index (χ4v) is 4.66. The van der Waals surface area contributed by atoms with Crippen LogP contribution in [0.2, 0.25) is 5.15 Å². The average molecular weight is 368 g/mol. The Balaban J connectivity index is 1.89. The number of sulfonamides is 1. The summed E-state index contributed by atoms with van der Waals surface area (Å²) in [5.41, 5.74) is 0. The van der Waals surface area contributed by atoms with Gasteiger partial charge in [-0.05, 0) is 18.6 Å². The second kappa shape index (κ2) is 6.49. The fourth-order valence-electron chi connectivity index (χ4n) is 1.95. The molecule has 2 N–H and O–H groups in total. The lowest BCUT2D eigenvalue weighted by molar-refractivity contribution is -0.120. The highest BCUT2D eigenvalue weighted by atomic mass is 35.5. The quantitative estimate of drug-likeness (QED) is 0.664. The number of carbonyl (C=O) groups is 1. The van der Waals surface area contributed by atoms with Gasteiger partial charge in [-0.25, -0.2) is 26.5 Å². The first-order valence-electron chi connectivity index (χ1n) is 6.29. The van der Waals surface area contributed by atoms with Crippen molar-refractivity contribution in [2.24, 2.45) is 0 Å². The Morgan fingerprint density at radius 2 is 2.14 bits per heavy atom. The van der Waals surface area contributed by atoms with Crippen LogP contribution in [-0.4, -0.2) is 51.8 Å². The number of aromatic nitrogens is 1. The molecule has 2 rings (SSSR count). The van der Waals surface area contributed by atoms with Gasteiger partial charge in [-0.1, -0.05) is 11.6 Å². The monoisotopic (exact) mass is 367 g/mol. The number of sulfone groups is 1. The summed E-state index contributed by atoms with van der Waals surface area (Å²) in [6.45, 7) is -0.485. The molecule has 0 bridgehead atoms. The van der Waals surface area contributed by atoms with E-state index in [2.05, 4.69) is 15.0 Å². The molecule has 1 saturated heterocycles. The van der Waals surface area contributed by atoms with Crippen molar-refractivity contribution in [3.05, 3.63) is 23.5 Å². The lowest BCUT2D eigenvalue weighted by Crippen LogP contribution is -2.42. The zero-order valence-corrected chi connectivity index (χ0v) is 13.7. The summed E-state index contributed by atoms with van der Waals surface area (Å²) in [6, 6.07) is 2.11. The van der Waals surface area contributed by atoms with Crippen molar-refractivity contribution in [3.8, 4) is 0 Å². The second-order valence-corrected chi connectivity index (χ2v) is 9.19. The van der Waals surface area contributed by atoms with Crippen molar-refractivity contribution in [2.75, 3.05) is 18.1 Å². The Bertz CT molecular complexity index is 761. The van der Waals surface area contributed by atoms with Crippen molar-refractivity contribution in [3.63, 3.8) is 0 Å². The molecule has 1 atom stereocenters. The summed E-state index contributed by atoms with van der Waals surface area (Å²) in [4.78, 5) is 15.2. The van der Waals surface area contributed by atoms with Crippen LogP contribution in [0.15, 0.2) is 23.2 Å². The van der Waals surface area contributed by atoms with Crippen LogP contribution in [0.25, 0.3) is 0 Å². The number of nitrogens with zero attached hydrogens (tertiary/aromatic N) is 1. The van der Waals surface area contributed by atoms with Gasteiger partial charge >= 0.3 is 0 Å². The van der Waals surface area contributed by atoms with Gasteiger partial charge in [0.1, 0.15) is 10.0 Å². The number of hydrogen-bond acceptors (Lipinski definition) is 6. The third-order valence-corrected chi connectivity index (χ3v) is 6.41. The van der Waals surface area contributed by atoms with Crippen LogP contribution in [0.1, 0.15) is 6.42 Å². The minimum absolute atomic E-state index is 0.0279. The molecule has 1 aromatic rings. The molecule has 0 spiro atoms. The minimum atomic E-state index is -3.88. The highest BCUT2D eigenvalue weighted by Gasteiger charge is 2.29. The summed E-state index contributed by atoms with van der Waals surface area (Å²) in [5, 5.41) is 2.64. The topological polar surface area (TPSA) is 122 Å². The largest absolute Gasteiger partial charge is 0.351 e. The summed E-state index contributed by atoms with van der Waals surface area (Å²) >= 11 is 5.57. The first-order chi connectivity index (χ1) is 10.2. The Morgan fingerprint density at radius 1 is 1.41 bits per heavy atom. The van der Waals surface area contributed by atoms with Crippen molar-refractivity contribution in [1.29, 1.82) is 0 Å². The van der Waals surface area contributed by atoms with Gasteiger partial charge in [-0.3, -0.25) is 4.79 Å². The Morgan fingerprint density at radius 3 is 2.68 bits per heavy atom. The molecule has 1 aliphatic rings. The number of carbonyl (C=O) groups excluding carboxylic acids is 1. The first-order valence-corrected chi connectivity index (χ1v) is 9.97. The SMILES string of the molecule is O=C(CNS(=O)(=O)c1ccc(Cl)nc1)NC1CCS(=O)(=O)C1. The van der Waals surface area contributed by atoms with E-state index in [0.29, 0.717) is 6.42 Å². The number of halogens is 1. The summed E-state index contributed by atoms with van der Waals surface area (Å²) in [5.74, 6) is -0.681. The van der Waals surface area contributed by atoms with Gasteiger partial charge in [0.15, 0.2) is 9.84 Å². The molecule has 0 aromatic carbocycles. The number of rotatable bonds is 5. The van der Waals surface area contributed by atoms with E-state index in [-0.39, 0.29) is 21.6 Å². The van der Waals surface area contributed by atoms with E-state index in [4.69, 9.17) is 11.6 Å². The minimum Gasteiger partial charge on any atom is -0.351 e. The van der Waals surface area contributed by atoms with Gasteiger partial charge in [0, 0.05) is 12.2 Å². The molecule has 122 valence electrons. The zero-order valence-electron chi connectivity index (χ0n) is 11.3. The molecule has 1 unspecified atom stereocenters. The van der Waals surface area contributed by atoms with Crippen LogP contribution in [-0.2, 0) is 24.7 Å². The van der Waals surface area contributed by atoms with Crippen LogP contribution < -0.4 is 10.0 Å². The Hall–Kier alpha value is -1.23. The molecule has 1 amide bonds. The molecule has 0 saturated carbocycles. The maximum atomic E-state index is 11.9. The molecule has 0 aliphatic carbocycles. The van der Waals surface area contributed by atoms with Crippen molar-refractivity contribution in [1.82, 2.24) is 15.0 Å². The molecule has 8 nitrogen and oxygen atoms in total. The van der Waals surface area contributed by atoms with E-state index in [0.717, 1.165) is 6.20 Å². The fraction of sp³-hybridized carbons (Fsp3) is 0.455. The van der Waals surface area contributed by atoms with Gasteiger partial charge in [0.2, 0.25) is 15.9 Å². The van der Waals surface area contributed by atoms with Crippen molar-refractivity contribution in [2.45, 2.75) is 17.4 Å². The molecule has 1 fully saturated rings. The molecule has 22 heavy (non-hydrogen) atoms. The molecule has 1 aromatic heterocycles. The third kappa shape index (κ3) is 4.63. The predicted octanol–water partition coefficient (Wildman–Crippen LogP) is -0.683. The molecular weight excluding hydrogens is 354 g/mol. The standard InChI is InChI=1S/C11H14ClN3O5S2/c12-10-2-1-9(5-13-10)22(19,20)14-6-11(16)15-8-3-4-21(17,18)7-8/h1-2,5,8,14H,3-4,6-7H2,(H,15,16). The highest BCUT2D eigenvalue weighted by molar-refractivity contribution is 7.91. The number of amides is 1. The lowest BCUT2D eigenvalue weighted by atomic mass is 10.2. The van der Waals surface area contributed by atoms with E-state index in [1.54, 1.807) is 0 Å². The molecule has 0 radical (unpaired) electrons. The van der Waals surface area contributed by atoms with E-state index in [9.17, 15) is 21.6 Å². The smallest absolute Gasteiger partial charge is 0.242 e. The predicted molar refractivity (Wildman–Crippen MR) is 79.6 cm³/mol. The van der Waals surface area contributed by atoms with Gasteiger partial charge in [-0.15, -0.1) is 0 Å². The zero-order chi connectivity index (χ0) is 16.4. The van der Waals surface area contributed by atoms with Gasteiger partial charge in [-0.2, -0.15) is 0 Å². The normalized spacial score (nSPS) is 20.7. The molecule has 11 heteroatoms.